The van der Waals surface area contributed by atoms with Crippen LogP contribution in [0, 0.1) is 16.0 Å². The molecule has 2 N–H and O–H groups in total. The zero-order chi connectivity index (χ0) is 16.8. The van der Waals surface area contributed by atoms with Gasteiger partial charge in [0.2, 0.25) is 5.69 Å². The number of H-pyrrole nitrogens is 1. The van der Waals surface area contributed by atoms with Gasteiger partial charge in [-0.05, 0) is 38.3 Å². The van der Waals surface area contributed by atoms with Gasteiger partial charge in [0.1, 0.15) is 5.69 Å². The van der Waals surface area contributed by atoms with Crippen LogP contribution in [0.3, 0.4) is 0 Å². The second-order valence-corrected chi connectivity index (χ2v) is 6.07. The summed E-state index contributed by atoms with van der Waals surface area (Å²) in [6, 6.07) is 0. The molecule has 0 bridgehead atoms. The van der Waals surface area contributed by atoms with Gasteiger partial charge < -0.3 is 10.2 Å². The number of rotatable bonds is 8. The third-order valence-electron chi connectivity index (χ3n) is 4.17. The lowest BCUT2D eigenvalue weighted by atomic mass is 10.1. The molecule has 1 aliphatic rings. The Labute approximate surface area is 135 Å². The third kappa shape index (κ3) is 4.28. The van der Waals surface area contributed by atoms with Crippen molar-refractivity contribution in [1.82, 2.24) is 20.4 Å². The van der Waals surface area contributed by atoms with E-state index in [4.69, 9.17) is 0 Å². The summed E-state index contributed by atoms with van der Waals surface area (Å²) in [7, 11) is 0. The number of aryl methyl sites for hydroxylation is 1. The highest BCUT2D eigenvalue weighted by molar-refractivity contribution is 5.96. The van der Waals surface area contributed by atoms with Gasteiger partial charge in [-0.15, -0.1) is 0 Å². The fourth-order valence-electron chi connectivity index (χ4n) is 3.07. The predicted octanol–water partition coefficient (Wildman–Crippen LogP) is 1.73. The molecule has 1 amide bonds. The number of aromatic amines is 1. The molecule has 128 valence electrons. The number of hydrogen-bond acceptors (Lipinski definition) is 5. The van der Waals surface area contributed by atoms with Crippen LogP contribution in [0.25, 0.3) is 0 Å². The normalized spacial score (nSPS) is 18.3. The first kappa shape index (κ1) is 17.4. The van der Waals surface area contributed by atoms with E-state index in [1.807, 2.05) is 6.92 Å². The molecule has 0 aromatic carbocycles. The molecular formula is C15H25N5O3. The first-order valence-electron chi connectivity index (χ1n) is 8.28. The van der Waals surface area contributed by atoms with E-state index in [0.29, 0.717) is 24.6 Å². The van der Waals surface area contributed by atoms with Crippen molar-refractivity contribution in [2.24, 2.45) is 5.92 Å². The highest BCUT2D eigenvalue weighted by atomic mass is 16.6. The summed E-state index contributed by atoms with van der Waals surface area (Å²) in [5.74, 6) is -0.0668. The second-order valence-electron chi connectivity index (χ2n) is 6.07. The Hall–Kier alpha value is -1.96. The SMILES string of the molecule is CCCc1[nH]nc(C(=O)NCC2CCN(CCC)C2)c1[N+](=O)[O-]. The van der Waals surface area contributed by atoms with Crippen LogP contribution in [0.2, 0.25) is 0 Å². The quantitative estimate of drug-likeness (QED) is 0.560. The Kier molecular flexibility index (Phi) is 6.09. The van der Waals surface area contributed by atoms with Crippen molar-refractivity contribution in [1.29, 1.82) is 0 Å². The molecule has 1 atom stereocenters. The van der Waals surface area contributed by atoms with Gasteiger partial charge >= 0.3 is 5.69 Å². The average Bonchev–Trinajstić information content (AvgIpc) is 3.12. The van der Waals surface area contributed by atoms with Crippen LogP contribution in [-0.2, 0) is 6.42 Å². The Bertz CT molecular complexity index is 557. The summed E-state index contributed by atoms with van der Waals surface area (Å²) in [5, 5.41) is 20.5. The smallest absolute Gasteiger partial charge is 0.322 e. The van der Waals surface area contributed by atoms with Gasteiger partial charge in [0, 0.05) is 13.1 Å². The van der Waals surface area contributed by atoms with Crippen LogP contribution in [0.15, 0.2) is 0 Å². The molecule has 1 saturated heterocycles. The zero-order valence-electron chi connectivity index (χ0n) is 13.8. The molecule has 0 spiro atoms. The van der Waals surface area contributed by atoms with Crippen LogP contribution in [0.1, 0.15) is 49.3 Å². The molecule has 0 saturated carbocycles. The number of amides is 1. The first-order valence-corrected chi connectivity index (χ1v) is 8.28. The highest BCUT2D eigenvalue weighted by Crippen LogP contribution is 2.22. The van der Waals surface area contributed by atoms with E-state index in [1.54, 1.807) is 0 Å². The molecule has 8 heteroatoms. The summed E-state index contributed by atoms with van der Waals surface area (Å²) in [6.45, 7) is 7.71. The number of nitrogens with one attached hydrogen (secondary N) is 2. The monoisotopic (exact) mass is 323 g/mol. The Morgan fingerprint density at radius 3 is 2.91 bits per heavy atom. The molecule has 1 aromatic rings. The predicted molar refractivity (Wildman–Crippen MR) is 86.4 cm³/mol. The third-order valence-corrected chi connectivity index (χ3v) is 4.17. The molecule has 0 aliphatic carbocycles. The minimum atomic E-state index is -0.526. The van der Waals surface area contributed by atoms with Crippen LogP contribution >= 0.6 is 0 Å². The number of aromatic nitrogens is 2. The van der Waals surface area contributed by atoms with E-state index >= 15 is 0 Å². The summed E-state index contributed by atoms with van der Waals surface area (Å²) < 4.78 is 0. The van der Waals surface area contributed by atoms with Crippen molar-refractivity contribution in [3.05, 3.63) is 21.5 Å². The lowest BCUT2D eigenvalue weighted by Crippen LogP contribution is -2.31. The number of carbonyl (C=O) groups excluding carboxylic acids is 1. The Balaban J connectivity index is 1.95. The number of carbonyl (C=O) groups is 1. The molecule has 1 aromatic heterocycles. The van der Waals surface area contributed by atoms with E-state index in [9.17, 15) is 14.9 Å². The molecule has 0 radical (unpaired) electrons. The van der Waals surface area contributed by atoms with E-state index in [2.05, 4.69) is 27.3 Å². The molecule has 1 fully saturated rings. The fraction of sp³-hybridized carbons (Fsp3) is 0.733. The van der Waals surface area contributed by atoms with E-state index in [1.165, 1.54) is 0 Å². The molecule has 2 heterocycles. The van der Waals surface area contributed by atoms with Crippen molar-refractivity contribution in [3.8, 4) is 0 Å². The van der Waals surface area contributed by atoms with Gasteiger partial charge in [-0.2, -0.15) is 5.10 Å². The molecule has 8 nitrogen and oxygen atoms in total. The van der Waals surface area contributed by atoms with Gasteiger partial charge in [0.05, 0.1) is 4.92 Å². The number of nitrogens with zero attached hydrogens (tertiary/aromatic N) is 3. The van der Waals surface area contributed by atoms with E-state index in [0.717, 1.165) is 38.9 Å². The molecule has 1 aliphatic heterocycles. The topological polar surface area (TPSA) is 104 Å². The lowest BCUT2D eigenvalue weighted by Gasteiger charge is -2.14. The van der Waals surface area contributed by atoms with E-state index in [-0.39, 0.29) is 11.4 Å². The first-order chi connectivity index (χ1) is 11.1. The maximum Gasteiger partial charge on any atom is 0.322 e. The maximum atomic E-state index is 12.2. The van der Waals surface area contributed by atoms with Crippen molar-refractivity contribution in [2.45, 2.75) is 39.5 Å². The van der Waals surface area contributed by atoms with E-state index < -0.39 is 10.8 Å². The minimum Gasteiger partial charge on any atom is -0.350 e. The maximum absolute atomic E-state index is 12.2. The van der Waals surface area contributed by atoms with Gasteiger partial charge in [-0.1, -0.05) is 20.3 Å². The number of nitro groups is 1. The fourth-order valence-corrected chi connectivity index (χ4v) is 3.07. The summed E-state index contributed by atoms with van der Waals surface area (Å²) in [5.41, 5.74) is 0.114. The van der Waals surface area contributed by atoms with Gasteiger partial charge in [0.25, 0.3) is 5.91 Å². The van der Waals surface area contributed by atoms with Crippen molar-refractivity contribution >= 4 is 11.6 Å². The highest BCUT2D eigenvalue weighted by Gasteiger charge is 2.29. The number of hydrogen-bond donors (Lipinski definition) is 2. The van der Waals surface area contributed by atoms with Gasteiger partial charge in [-0.3, -0.25) is 20.0 Å². The van der Waals surface area contributed by atoms with Crippen molar-refractivity contribution < 1.29 is 9.72 Å². The lowest BCUT2D eigenvalue weighted by molar-refractivity contribution is -0.385. The largest absolute Gasteiger partial charge is 0.350 e. The standard InChI is InChI=1S/C15H25N5O3/c1-3-5-12-14(20(22)23)13(18-17-12)15(21)16-9-11-6-8-19(10-11)7-4-2/h11H,3-10H2,1-2H3,(H,16,21)(H,17,18). The van der Waals surface area contributed by atoms with Crippen LogP contribution in [0.4, 0.5) is 5.69 Å². The molecule has 1 unspecified atom stereocenters. The Morgan fingerprint density at radius 2 is 2.26 bits per heavy atom. The molecular weight excluding hydrogens is 298 g/mol. The Morgan fingerprint density at radius 1 is 1.48 bits per heavy atom. The van der Waals surface area contributed by atoms with Crippen molar-refractivity contribution in [3.63, 3.8) is 0 Å². The summed E-state index contributed by atoms with van der Waals surface area (Å²) >= 11 is 0. The van der Waals surface area contributed by atoms with Crippen LogP contribution < -0.4 is 5.32 Å². The molecule has 2 rings (SSSR count). The number of likely N-dealkylation sites (tertiary alicyclic amines) is 1. The van der Waals surface area contributed by atoms with Gasteiger partial charge in [0.15, 0.2) is 0 Å². The van der Waals surface area contributed by atoms with Crippen molar-refractivity contribution in [2.75, 3.05) is 26.2 Å². The minimum absolute atomic E-state index is 0.109. The van der Waals surface area contributed by atoms with Gasteiger partial charge in [-0.25, -0.2) is 0 Å². The van der Waals surface area contributed by atoms with Crippen LogP contribution in [-0.4, -0.2) is 52.1 Å². The average molecular weight is 323 g/mol. The summed E-state index contributed by atoms with van der Waals surface area (Å²) in [4.78, 5) is 25.3. The molecule has 23 heavy (non-hydrogen) atoms. The second kappa shape index (κ2) is 8.05. The van der Waals surface area contributed by atoms with Crippen LogP contribution in [0.5, 0.6) is 0 Å². The zero-order valence-corrected chi connectivity index (χ0v) is 13.8. The summed E-state index contributed by atoms with van der Waals surface area (Å²) in [6.07, 6.45) is 3.42.